The van der Waals surface area contributed by atoms with Crippen LogP contribution in [0.1, 0.15) is 28.9 Å². The fourth-order valence-corrected chi connectivity index (χ4v) is 5.28. The molecule has 0 saturated carbocycles. The molecule has 0 saturated heterocycles. The number of amides is 1. The maximum absolute atomic E-state index is 12.8. The van der Waals surface area contributed by atoms with Crippen LogP contribution in [0, 0.1) is 13.8 Å². The molecule has 7 heteroatoms. The Hall–Kier alpha value is -2.09. The van der Waals surface area contributed by atoms with E-state index in [2.05, 4.69) is 5.32 Å². The summed E-state index contributed by atoms with van der Waals surface area (Å²) in [6.07, 6.45) is 0. The molecule has 3 aromatic rings. The molecule has 2 N–H and O–H groups in total. The van der Waals surface area contributed by atoms with Gasteiger partial charge in [-0.2, -0.15) is 0 Å². The van der Waals surface area contributed by atoms with Crippen LogP contribution in [0.3, 0.4) is 0 Å². The van der Waals surface area contributed by atoms with E-state index in [0.717, 1.165) is 37.0 Å². The van der Waals surface area contributed by atoms with E-state index in [1.165, 1.54) is 11.8 Å². The summed E-state index contributed by atoms with van der Waals surface area (Å²) in [7, 11) is 0. The van der Waals surface area contributed by atoms with Gasteiger partial charge in [-0.1, -0.05) is 30.0 Å². The van der Waals surface area contributed by atoms with Crippen molar-refractivity contribution in [3.8, 4) is 5.75 Å². The second kappa shape index (κ2) is 9.41. The first-order chi connectivity index (χ1) is 13.5. The Bertz CT molecular complexity index is 971. The van der Waals surface area contributed by atoms with Crippen LogP contribution in [0.2, 0.25) is 0 Å². The highest BCUT2D eigenvalue weighted by Gasteiger charge is 2.25. The summed E-state index contributed by atoms with van der Waals surface area (Å²) in [6, 6.07) is 11.8. The summed E-state index contributed by atoms with van der Waals surface area (Å²) >= 11 is 3.00. The number of benzene rings is 2. The minimum Gasteiger partial charge on any atom is -0.494 e. The molecule has 28 heavy (non-hydrogen) atoms. The van der Waals surface area contributed by atoms with Crippen LogP contribution in [0.5, 0.6) is 5.75 Å². The molecule has 1 atom stereocenters. The van der Waals surface area contributed by atoms with Gasteiger partial charge >= 0.3 is 0 Å². The summed E-state index contributed by atoms with van der Waals surface area (Å²) in [4.78, 5) is 17.5. The highest BCUT2D eigenvalue weighted by atomic mass is 32.2. The Kier molecular flexibility index (Phi) is 6.93. The average molecular weight is 417 g/mol. The third kappa shape index (κ3) is 4.66. The first-order valence-electron chi connectivity index (χ1n) is 9.18. The molecule has 0 fully saturated rings. The van der Waals surface area contributed by atoms with Crippen molar-refractivity contribution in [2.24, 2.45) is 0 Å². The molecular formula is C21H24N2O3S2. The standard InChI is InChI=1S/C21H24N2O3S2/c1-4-26-15-8-9-17-18(12-15)27-21(23-17)28-19(20(25)22-10-11-24)16-7-5-6-13(2)14(16)3/h5-9,12,19,24H,4,10-11H2,1-3H3,(H,22,25). The lowest BCUT2D eigenvalue weighted by molar-refractivity contribution is -0.120. The van der Waals surface area contributed by atoms with Crippen LogP contribution in [0.4, 0.5) is 0 Å². The molecule has 0 bridgehead atoms. The summed E-state index contributed by atoms with van der Waals surface area (Å²) < 4.78 is 7.43. The number of rotatable bonds is 8. The smallest absolute Gasteiger partial charge is 0.238 e. The monoisotopic (exact) mass is 416 g/mol. The fraction of sp³-hybridized carbons (Fsp3) is 0.333. The molecule has 3 rings (SSSR count). The van der Waals surface area contributed by atoms with Crippen LogP contribution in [-0.4, -0.2) is 35.8 Å². The van der Waals surface area contributed by atoms with Gasteiger partial charge in [0, 0.05) is 6.54 Å². The Morgan fingerprint density at radius 1 is 1.32 bits per heavy atom. The van der Waals surface area contributed by atoms with Crippen LogP contribution in [0.25, 0.3) is 10.2 Å². The van der Waals surface area contributed by atoms with Crippen LogP contribution < -0.4 is 10.1 Å². The van der Waals surface area contributed by atoms with Crippen molar-refractivity contribution in [3.05, 3.63) is 53.1 Å². The van der Waals surface area contributed by atoms with Gasteiger partial charge in [0.1, 0.15) is 11.0 Å². The number of thiazole rings is 1. The minimum absolute atomic E-state index is 0.0860. The lowest BCUT2D eigenvalue weighted by Crippen LogP contribution is -2.30. The molecule has 1 heterocycles. The molecule has 1 unspecified atom stereocenters. The molecule has 0 spiro atoms. The number of nitrogens with one attached hydrogen (secondary N) is 1. The van der Waals surface area contributed by atoms with Gasteiger partial charge < -0.3 is 15.2 Å². The maximum Gasteiger partial charge on any atom is 0.238 e. The highest BCUT2D eigenvalue weighted by Crippen LogP contribution is 2.41. The van der Waals surface area contributed by atoms with Gasteiger partial charge in [-0.15, -0.1) is 11.3 Å². The van der Waals surface area contributed by atoms with Gasteiger partial charge in [-0.25, -0.2) is 4.98 Å². The lowest BCUT2D eigenvalue weighted by Gasteiger charge is -2.18. The number of carbonyl (C=O) groups is 1. The zero-order valence-electron chi connectivity index (χ0n) is 16.2. The number of fused-ring (bicyclic) bond motifs is 1. The number of ether oxygens (including phenoxy) is 1. The van der Waals surface area contributed by atoms with Gasteiger partial charge in [0.15, 0.2) is 4.34 Å². The Labute approximate surface area is 173 Å². The summed E-state index contributed by atoms with van der Waals surface area (Å²) in [5, 5.41) is 11.4. The van der Waals surface area contributed by atoms with E-state index in [-0.39, 0.29) is 19.1 Å². The third-order valence-corrected chi connectivity index (χ3v) is 6.80. The molecule has 5 nitrogen and oxygen atoms in total. The van der Waals surface area contributed by atoms with Crippen molar-refractivity contribution in [2.45, 2.75) is 30.4 Å². The van der Waals surface area contributed by atoms with Gasteiger partial charge in [0.2, 0.25) is 5.91 Å². The SMILES string of the molecule is CCOc1ccc2nc(SC(C(=O)NCCO)c3cccc(C)c3C)sc2c1. The second-order valence-corrected chi connectivity index (χ2v) is 8.73. The normalized spacial score (nSPS) is 12.1. The van der Waals surface area contributed by atoms with Crippen LogP contribution >= 0.6 is 23.1 Å². The number of thioether (sulfide) groups is 1. The van der Waals surface area contributed by atoms with Crippen molar-refractivity contribution >= 4 is 39.2 Å². The average Bonchev–Trinajstić information content (AvgIpc) is 3.09. The third-order valence-electron chi connectivity index (χ3n) is 4.45. The lowest BCUT2D eigenvalue weighted by atomic mass is 10.0. The van der Waals surface area contributed by atoms with Gasteiger partial charge in [-0.3, -0.25) is 4.79 Å². The zero-order chi connectivity index (χ0) is 20.1. The Morgan fingerprint density at radius 2 is 2.14 bits per heavy atom. The van der Waals surface area contributed by atoms with Crippen molar-refractivity contribution < 1.29 is 14.6 Å². The largest absolute Gasteiger partial charge is 0.494 e. The number of aromatic nitrogens is 1. The van der Waals surface area contributed by atoms with Crippen LogP contribution in [0.15, 0.2) is 40.7 Å². The number of aliphatic hydroxyl groups excluding tert-OH is 1. The molecule has 0 aliphatic carbocycles. The molecule has 1 aromatic heterocycles. The van der Waals surface area contributed by atoms with Gasteiger partial charge in [0.25, 0.3) is 0 Å². The predicted molar refractivity (Wildman–Crippen MR) is 115 cm³/mol. The number of aliphatic hydroxyl groups is 1. The van der Waals surface area contributed by atoms with Crippen molar-refractivity contribution in [1.82, 2.24) is 10.3 Å². The first-order valence-corrected chi connectivity index (χ1v) is 10.9. The Balaban J connectivity index is 1.93. The van der Waals surface area contributed by atoms with Crippen molar-refractivity contribution in [1.29, 1.82) is 0 Å². The topological polar surface area (TPSA) is 71.5 Å². The number of aryl methyl sites for hydroxylation is 1. The van der Waals surface area contributed by atoms with E-state index >= 15 is 0 Å². The number of hydrogen-bond donors (Lipinski definition) is 2. The summed E-state index contributed by atoms with van der Waals surface area (Å²) in [6.45, 7) is 6.79. The first kappa shape index (κ1) is 20.6. The van der Waals surface area contributed by atoms with E-state index in [1.807, 2.05) is 57.2 Å². The molecule has 0 aliphatic heterocycles. The van der Waals surface area contributed by atoms with E-state index in [9.17, 15) is 4.79 Å². The quantitative estimate of drug-likeness (QED) is 0.537. The van der Waals surface area contributed by atoms with E-state index < -0.39 is 5.25 Å². The summed E-state index contributed by atoms with van der Waals surface area (Å²) in [5.74, 6) is 0.698. The van der Waals surface area contributed by atoms with Crippen molar-refractivity contribution in [3.63, 3.8) is 0 Å². The molecule has 1 amide bonds. The summed E-state index contributed by atoms with van der Waals surface area (Å²) in [5.41, 5.74) is 4.10. The number of nitrogens with zero attached hydrogens (tertiary/aromatic N) is 1. The van der Waals surface area contributed by atoms with Crippen LogP contribution in [-0.2, 0) is 4.79 Å². The van der Waals surface area contributed by atoms with E-state index in [4.69, 9.17) is 14.8 Å². The maximum atomic E-state index is 12.8. The molecule has 0 aliphatic rings. The molecular weight excluding hydrogens is 392 g/mol. The number of hydrogen-bond acceptors (Lipinski definition) is 6. The minimum atomic E-state index is -0.432. The molecule has 2 aromatic carbocycles. The second-order valence-electron chi connectivity index (χ2n) is 6.34. The highest BCUT2D eigenvalue weighted by molar-refractivity contribution is 8.02. The zero-order valence-corrected chi connectivity index (χ0v) is 17.8. The van der Waals surface area contributed by atoms with E-state index in [1.54, 1.807) is 11.3 Å². The number of carbonyl (C=O) groups excluding carboxylic acids is 1. The fourth-order valence-electron chi connectivity index (χ4n) is 2.88. The Morgan fingerprint density at radius 3 is 2.89 bits per heavy atom. The molecule has 0 radical (unpaired) electrons. The van der Waals surface area contributed by atoms with Gasteiger partial charge in [-0.05, 0) is 55.7 Å². The molecule has 148 valence electrons. The van der Waals surface area contributed by atoms with Crippen molar-refractivity contribution in [2.75, 3.05) is 19.8 Å². The van der Waals surface area contributed by atoms with Gasteiger partial charge in [0.05, 0.1) is 23.4 Å². The predicted octanol–water partition coefficient (Wildman–Crippen LogP) is 4.25. The van der Waals surface area contributed by atoms with E-state index in [0.29, 0.717) is 6.61 Å².